The van der Waals surface area contributed by atoms with E-state index in [2.05, 4.69) is 4.74 Å². The molecule has 0 aromatic rings. The summed E-state index contributed by atoms with van der Waals surface area (Å²) >= 11 is 11.4. The van der Waals surface area contributed by atoms with Crippen LogP contribution in [-0.2, 0) is 14.3 Å². The zero-order valence-corrected chi connectivity index (χ0v) is 6.80. The van der Waals surface area contributed by atoms with Crippen molar-refractivity contribution in [1.29, 1.82) is 0 Å². The zero-order valence-electron chi connectivity index (χ0n) is 5.29. The summed E-state index contributed by atoms with van der Waals surface area (Å²) in [4.78, 5) is 21.6. The van der Waals surface area contributed by atoms with Crippen molar-refractivity contribution < 1.29 is 14.3 Å². The average Bonchev–Trinajstić information content (AvgIpc) is 2.21. The lowest BCUT2D eigenvalue weighted by Crippen LogP contribution is -2.51. The highest BCUT2D eigenvalue weighted by Gasteiger charge is 2.62. The minimum absolute atomic E-state index is 0.444. The summed E-state index contributed by atoms with van der Waals surface area (Å²) in [7, 11) is 0. The molecule has 0 amide bonds. The van der Waals surface area contributed by atoms with Crippen LogP contribution in [0.5, 0.6) is 0 Å². The molecular weight excluding hydrogens is 191 g/mol. The highest BCUT2D eigenvalue weighted by molar-refractivity contribution is 6.35. The first-order valence-electron chi connectivity index (χ1n) is 3.16. The van der Waals surface area contributed by atoms with Gasteiger partial charge < -0.3 is 4.74 Å². The quantitative estimate of drug-likeness (QED) is 0.321. The number of halogens is 2. The molecule has 0 N–H and O–H groups in total. The smallest absolute Gasteiger partial charge is 0.319 e. The van der Waals surface area contributed by atoms with Gasteiger partial charge in [0.2, 0.25) is 0 Å². The molecular formula is C6H4Cl2O3. The van der Waals surface area contributed by atoms with Gasteiger partial charge in [-0.2, -0.15) is 0 Å². The standard InChI is InChI=1S/C6H4Cl2O3/c7-3-1-2(4(3)8)6(10)11-5(1)9/h1-4H/t1-,2-,3-,4+/m0/s1. The van der Waals surface area contributed by atoms with Gasteiger partial charge in [-0.25, -0.2) is 0 Å². The largest absolute Gasteiger partial charge is 0.393 e. The van der Waals surface area contributed by atoms with Gasteiger partial charge in [-0.3, -0.25) is 9.59 Å². The first kappa shape index (κ1) is 7.37. The summed E-state index contributed by atoms with van der Waals surface area (Å²) in [5.41, 5.74) is 0. The average molecular weight is 195 g/mol. The van der Waals surface area contributed by atoms with Gasteiger partial charge in [-0.05, 0) is 0 Å². The molecule has 0 aromatic carbocycles. The molecule has 2 aliphatic rings. The normalized spacial score (nSPS) is 48.2. The van der Waals surface area contributed by atoms with E-state index in [0.717, 1.165) is 0 Å². The van der Waals surface area contributed by atoms with Gasteiger partial charge in [-0.15, -0.1) is 23.2 Å². The lowest BCUT2D eigenvalue weighted by Gasteiger charge is -2.35. The summed E-state index contributed by atoms with van der Waals surface area (Å²) in [6, 6.07) is 0. The minimum Gasteiger partial charge on any atom is -0.393 e. The van der Waals surface area contributed by atoms with Crippen LogP contribution >= 0.6 is 23.2 Å². The maximum Gasteiger partial charge on any atom is 0.319 e. The molecule has 1 saturated carbocycles. The van der Waals surface area contributed by atoms with Crippen molar-refractivity contribution in [3.8, 4) is 0 Å². The molecule has 1 aliphatic carbocycles. The maximum absolute atomic E-state index is 10.8. The van der Waals surface area contributed by atoms with Crippen molar-refractivity contribution in [2.75, 3.05) is 0 Å². The van der Waals surface area contributed by atoms with E-state index in [1.54, 1.807) is 0 Å². The van der Waals surface area contributed by atoms with Crippen molar-refractivity contribution in [2.45, 2.75) is 10.8 Å². The van der Waals surface area contributed by atoms with Crippen molar-refractivity contribution in [3.63, 3.8) is 0 Å². The van der Waals surface area contributed by atoms with Crippen LogP contribution in [0.4, 0.5) is 0 Å². The van der Waals surface area contributed by atoms with E-state index in [0.29, 0.717) is 0 Å². The Morgan fingerprint density at radius 1 is 1.00 bits per heavy atom. The number of rotatable bonds is 0. The number of hydrogen-bond acceptors (Lipinski definition) is 3. The van der Waals surface area contributed by atoms with Crippen molar-refractivity contribution in [2.24, 2.45) is 11.8 Å². The molecule has 2 rings (SSSR count). The predicted octanol–water partition coefficient (Wildman–Crippen LogP) is 0.531. The van der Waals surface area contributed by atoms with E-state index in [-0.39, 0.29) is 0 Å². The van der Waals surface area contributed by atoms with E-state index in [1.807, 2.05) is 0 Å². The summed E-state index contributed by atoms with van der Waals surface area (Å²) in [6.45, 7) is 0. The van der Waals surface area contributed by atoms with E-state index in [4.69, 9.17) is 23.2 Å². The van der Waals surface area contributed by atoms with Gasteiger partial charge >= 0.3 is 11.9 Å². The van der Waals surface area contributed by atoms with Gasteiger partial charge in [0.1, 0.15) is 0 Å². The third-order valence-corrected chi connectivity index (χ3v) is 3.34. The molecule has 3 nitrogen and oxygen atoms in total. The highest BCUT2D eigenvalue weighted by Crippen LogP contribution is 2.47. The second-order valence-corrected chi connectivity index (χ2v) is 3.69. The zero-order chi connectivity index (χ0) is 8.17. The second-order valence-electron chi connectivity index (χ2n) is 2.68. The fraction of sp³-hybridized carbons (Fsp3) is 0.667. The Kier molecular flexibility index (Phi) is 1.41. The molecule has 60 valence electrons. The maximum atomic E-state index is 10.8. The van der Waals surface area contributed by atoms with E-state index in [1.165, 1.54) is 0 Å². The van der Waals surface area contributed by atoms with E-state index < -0.39 is 34.5 Å². The third kappa shape index (κ3) is 0.754. The summed E-state index contributed by atoms with van der Waals surface area (Å²) < 4.78 is 4.34. The first-order chi connectivity index (χ1) is 5.13. The van der Waals surface area contributed by atoms with Crippen LogP contribution in [0, 0.1) is 11.8 Å². The van der Waals surface area contributed by atoms with Crippen LogP contribution in [0.25, 0.3) is 0 Å². The monoisotopic (exact) mass is 194 g/mol. The van der Waals surface area contributed by atoms with Gasteiger partial charge in [0, 0.05) is 0 Å². The first-order valence-corrected chi connectivity index (χ1v) is 4.04. The Balaban J connectivity index is 2.26. The Bertz CT molecular complexity index is 216. The molecule has 5 heteroatoms. The SMILES string of the molecule is O=C1OC(=O)[C@@H]2[C@@H](Cl)[C@@H](Cl)[C@@H]12. The predicted molar refractivity (Wildman–Crippen MR) is 37.4 cm³/mol. The van der Waals surface area contributed by atoms with Gasteiger partial charge in [-0.1, -0.05) is 0 Å². The van der Waals surface area contributed by atoms with Crippen LogP contribution < -0.4 is 0 Å². The van der Waals surface area contributed by atoms with Crippen LogP contribution in [0.1, 0.15) is 0 Å². The number of hydrogen-bond donors (Lipinski definition) is 0. The molecule has 2 fully saturated rings. The summed E-state index contributed by atoms with van der Waals surface area (Å²) in [6.07, 6.45) is 0. The summed E-state index contributed by atoms with van der Waals surface area (Å²) in [5.74, 6) is -2.05. The number of ether oxygens (including phenoxy) is 1. The summed E-state index contributed by atoms with van der Waals surface area (Å²) in [5, 5.41) is -0.888. The van der Waals surface area contributed by atoms with E-state index in [9.17, 15) is 9.59 Å². The number of carbonyl (C=O) groups excluding carboxylic acids is 2. The van der Waals surface area contributed by atoms with Crippen molar-refractivity contribution >= 4 is 35.1 Å². The van der Waals surface area contributed by atoms with Crippen molar-refractivity contribution in [3.05, 3.63) is 0 Å². The van der Waals surface area contributed by atoms with Gasteiger partial charge in [0.05, 0.1) is 22.6 Å². The molecule has 11 heavy (non-hydrogen) atoms. The number of carbonyl (C=O) groups is 2. The van der Waals surface area contributed by atoms with Crippen LogP contribution in [0.15, 0.2) is 0 Å². The molecule has 0 bridgehead atoms. The molecule has 1 heterocycles. The number of cyclic esters (lactones) is 2. The lowest BCUT2D eigenvalue weighted by molar-refractivity contribution is -0.153. The molecule has 1 saturated heterocycles. The Morgan fingerprint density at radius 2 is 1.36 bits per heavy atom. The molecule has 0 spiro atoms. The molecule has 0 unspecified atom stereocenters. The second kappa shape index (κ2) is 2.11. The Morgan fingerprint density at radius 3 is 1.73 bits per heavy atom. The topological polar surface area (TPSA) is 43.4 Å². The Labute approximate surface area is 72.6 Å². The fourth-order valence-corrected chi connectivity index (χ4v) is 2.27. The van der Waals surface area contributed by atoms with Crippen LogP contribution in [0.2, 0.25) is 0 Å². The Hall–Kier alpha value is -0.280. The molecule has 0 aromatic heterocycles. The molecule has 1 aliphatic heterocycles. The van der Waals surface area contributed by atoms with Gasteiger partial charge in [0.15, 0.2) is 0 Å². The van der Waals surface area contributed by atoms with Crippen LogP contribution in [-0.4, -0.2) is 22.7 Å². The fourth-order valence-electron chi connectivity index (χ4n) is 1.44. The third-order valence-electron chi connectivity index (χ3n) is 2.12. The van der Waals surface area contributed by atoms with Crippen molar-refractivity contribution in [1.82, 2.24) is 0 Å². The molecule has 4 atom stereocenters. The number of esters is 2. The number of alkyl halides is 2. The van der Waals surface area contributed by atoms with Gasteiger partial charge in [0.25, 0.3) is 0 Å². The molecule has 0 radical (unpaired) electrons. The van der Waals surface area contributed by atoms with E-state index >= 15 is 0 Å². The number of fused-ring (bicyclic) bond motifs is 1. The minimum atomic E-state index is -0.531. The lowest BCUT2D eigenvalue weighted by atomic mass is 9.74. The highest BCUT2D eigenvalue weighted by atomic mass is 35.5. The van der Waals surface area contributed by atoms with Crippen LogP contribution in [0.3, 0.4) is 0 Å².